The molecule has 0 spiro atoms. The first-order valence-electron chi connectivity index (χ1n) is 7.38. The average molecular weight is 420 g/mol. The molecule has 1 aliphatic carbocycles. The van der Waals surface area contributed by atoms with Crippen LogP contribution in [0.5, 0.6) is 0 Å². The Balaban J connectivity index is 0.00000220. The van der Waals surface area contributed by atoms with Gasteiger partial charge in [0.2, 0.25) is 0 Å². The van der Waals surface area contributed by atoms with Gasteiger partial charge in [0.05, 0.1) is 5.01 Å². The van der Waals surface area contributed by atoms with Crippen molar-refractivity contribution in [3.05, 3.63) is 28.2 Å². The molecule has 0 amide bonds. The number of hydrogen-bond donors (Lipinski definition) is 2. The molecule has 2 N–H and O–H groups in total. The van der Waals surface area contributed by atoms with Crippen LogP contribution in [-0.4, -0.2) is 30.1 Å². The van der Waals surface area contributed by atoms with Gasteiger partial charge >= 0.3 is 0 Å². The van der Waals surface area contributed by atoms with Crippen LogP contribution in [0.25, 0.3) is 0 Å². The molecule has 1 heterocycles. The molecule has 1 aromatic heterocycles. The fourth-order valence-corrected chi connectivity index (χ4v) is 3.01. The third kappa shape index (κ3) is 6.78. The third-order valence-electron chi connectivity index (χ3n) is 3.18. The minimum Gasteiger partial charge on any atom is -0.357 e. The van der Waals surface area contributed by atoms with Gasteiger partial charge in [-0.25, -0.2) is 4.98 Å². The Morgan fingerprint density at radius 3 is 2.81 bits per heavy atom. The molecule has 0 bridgehead atoms. The summed E-state index contributed by atoms with van der Waals surface area (Å²) < 4.78 is 0. The van der Waals surface area contributed by atoms with Gasteiger partial charge < -0.3 is 10.6 Å². The van der Waals surface area contributed by atoms with E-state index in [1.54, 1.807) is 11.3 Å². The number of halogens is 1. The topological polar surface area (TPSA) is 49.3 Å². The molecule has 1 aliphatic rings. The zero-order valence-corrected chi connectivity index (χ0v) is 15.9. The minimum absolute atomic E-state index is 0. The Hall–Kier alpha value is -0.630. The van der Waals surface area contributed by atoms with Gasteiger partial charge in [-0.15, -0.1) is 35.3 Å². The minimum atomic E-state index is 0. The number of aliphatic imine (C=N–C) groups is 1. The van der Waals surface area contributed by atoms with E-state index in [9.17, 15) is 0 Å². The first-order chi connectivity index (χ1) is 9.78. The van der Waals surface area contributed by atoms with Gasteiger partial charge in [0.1, 0.15) is 0 Å². The molecule has 0 fully saturated rings. The van der Waals surface area contributed by atoms with E-state index in [0.717, 1.165) is 50.4 Å². The molecule has 0 saturated heterocycles. The van der Waals surface area contributed by atoms with E-state index < -0.39 is 0 Å². The van der Waals surface area contributed by atoms with Gasteiger partial charge in [-0.3, -0.25) is 4.99 Å². The van der Waals surface area contributed by atoms with Crippen molar-refractivity contribution in [3.8, 4) is 0 Å². The van der Waals surface area contributed by atoms with E-state index in [1.165, 1.54) is 5.01 Å². The number of nitrogens with zero attached hydrogens (tertiary/aromatic N) is 2. The quantitative estimate of drug-likeness (QED) is 0.244. The van der Waals surface area contributed by atoms with E-state index in [4.69, 9.17) is 0 Å². The highest BCUT2D eigenvalue weighted by Gasteiger charge is 2.11. The molecule has 6 heteroatoms. The van der Waals surface area contributed by atoms with Gasteiger partial charge in [0, 0.05) is 36.6 Å². The molecule has 0 radical (unpaired) electrons. The Kier molecular flexibility index (Phi) is 8.91. The predicted molar refractivity (Wildman–Crippen MR) is 102 cm³/mol. The number of nitrogens with one attached hydrogen (secondary N) is 2. The van der Waals surface area contributed by atoms with Gasteiger partial charge in [-0.2, -0.15) is 0 Å². The summed E-state index contributed by atoms with van der Waals surface area (Å²) in [6, 6.07) is 0.509. The molecule has 0 atom stereocenters. The molecule has 0 unspecified atom stereocenters. The molecule has 118 valence electrons. The maximum atomic E-state index is 4.64. The van der Waals surface area contributed by atoms with Crippen LogP contribution in [0.2, 0.25) is 0 Å². The highest BCUT2D eigenvalue weighted by atomic mass is 127. The van der Waals surface area contributed by atoms with E-state index in [2.05, 4.69) is 45.1 Å². The first-order valence-corrected chi connectivity index (χ1v) is 8.26. The molecule has 4 nitrogen and oxygen atoms in total. The fourth-order valence-electron chi connectivity index (χ4n) is 2.19. The average Bonchev–Trinajstić information content (AvgIpc) is 3.06. The Bertz CT molecular complexity index is 462. The Morgan fingerprint density at radius 1 is 1.43 bits per heavy atom. The fraction of sp³-hybridized carbons (Fsp3) is 0.600. The Labute approximate surface area is 148 Å². The summed E-state index contributed by atoms with van der Waals surface area (Å²) >= 11 is 1.75. The van der Waals surface area contributed by atoms with Gasteiger partial charge in [0.25, 0.3) is 0 Å². The van der Waals surface area contributed by atoms with Crippen molar-refractivity contribution >= 4 is 41.3 Å². The molecular weight excluding hydrogens is 395 g/mol. The third-order valence-corrected chi connectivity index (χ3v) is 4.20. The van der Waals surface area contributed by atoms with E-state index >= 15 is 0 Å². The van der Waals surface area contributed by atoms with Crippen molar-refractivity contribution in [1.29, 1.82) is 0 Å². The summed E-state index contributed by atoms with van der Waals surface area (Å²) in [7, 11) is 0. The van der Waals surface area contributed by atoms with Crippen molar-refractivity contribution in [1.82, 2.24) is 15.6 Å². The molecule has 0 aliphatic heterocycles. The van der Waals surface area contributed by atoms with Crippen LogP contribution in [0.4, 0.5) is 0 Å². The van der Waals surface area contributed by atoms with Crippen LogP contribution >= 0.6 is 35.3 Å². The van der Waals surface area contributed by atoms with Crippen LogP contribution < -0.4 is 10.6 Å². The summed E-state index contributed by atoms with van der Waals surface area (Å²) in [6.07, 6.45) is 8.72. The van der Waals surface area contributed by atoms with Gasteiger partial charge in [-0.05, 0) is 33.1 Å². The largest absolute Gasteiger partial charge is 0.357 e. The summed E-state index contributed by atoms with van der Waals surface area (Å²) in [4.78, 5) is 9.12. The molecule has 0 aromatic carbocycles. The van der Waals surface area contributed by atoms with Gasteiger partial charge in [-0.1, -0.05) is 12.2 Å². The lowest BCUT2D eigenvalue weighted by atomic mass is 10.2. The van der Waals surface area contributed by atoms with E-state index in [0.29, 0.717) is 6.04 Å². The highest BCUT2D eigenvalue weighted by molar-refractivity contribution is 14.0. The summed E-state index contributed by atoms with van der Waals surface area (Å²) in [5, 5.41) is 10.1. The van der Waals surface area contributed by atoms with Crippen LogP contribution in [0, 0.1) is 6.92 Å². The lowest BCUT2D eigenvalue weighted by Gasteiger charge is -2.16. The van der Waals surface area contributed by atoms with Crippen LogP contribution in [-0.2, 0) is 6.42 Å². The number of rotatable bonds is 6. The van der Waals surface area contributed by atoms with E-state index in [1.807, 2.05) is 6.92 Å². The van der Waals surface area contributed by atoms with Crippen molar-refractivity contribution < 1.29 is 0 Å². The number of aromatic nitrogens is 1. The zero-order valence-electron chi connectivity index (χ0n) is 12.8. The molecular formula is C15H25IN4S. The maximum Gasteiger partial charge on any atom is 0.191 e. The molecule has 0 saturated carbocycles. The lowest BCUT2D eigenvalue weighted by molar-refractivity contribution is 0.632. The number of aryl methyl sites for hydroxylation is 2. The highest BCUT2D eigenvalue weighted by Crippen LogP contribution is 2.11. The standard InChI is InChI=1S/C15H24N4S.HI/c1-3-16-15(19-13-7-4-5-8-13)17-10-6-9-14-18-12(2)11-20-14;/h4-5,11,13H,3,6-10H2,1-2H3,(H2,16,17,19);1H. The monoisotopic (exact) mass is 420 g/mol. The molecule has 21 heavy (non-hydrogen) atoms. The van der Waals surface area contributed by atoms with Crippen molar-refractivity contribution in [2.75, 3.05) is 13.1 Å². The van der Waals surface area contributed by atoms with Gasteiger partial charge in [0.15, 0.2) is 5.96 Å². The Morgan fingerprint density at radius 2 is 2.19 bits per heavy atom. The second kappa shape index (κ2) is 10.2. The summed E-state index contributed by atoms with van der Waals surface area (Å²) in [5.41, 5.74) is 1.12. The molecule has 2 rings (SSSR count). The SMILES string of the molecule is CCNC(=NCCCc1nc(C)cs1)NC1CC=CC1.I. The lowest BCUT2D eigenvalue weighted by Crippen LogP contribution is -2.42. The van der Waals surface area contributed by atoms with Crippen LogP contribution in [0.3, 0.4) is 0 Å². The maximum absolute atomic E-state index is 4.64. The van der Waals surface area contributed by atoms with Crippen molar-refractivity contribution in [3.63, 3.8) is 0 Å². The van der Waals surface area contributed by atoms with E-state index in [-0.39, 0.29) is 24.0 Å². The number of thiazole rings is 1. The van der Waals surface area contributed by atoms with Crippen LogP contribution in [0.1, 0.15) is 36.9 Å². The second-order valence-corrected chi connectivity index (χ2v) is 5.97. The zero-order chi connectivity index (χ0) is 14.2. The normalized spacial score (nSPS) is 15.0. The summed E-state index contributed by atoms with van der Waals surface area (Å²) in [5.74, 6) is 0.941. The summed E-state index contributed by atoms with van der Waals surface area (Å²) in [6.45, 7) is 5.88. The smallest absolute Gasteiger partial charge is 0.191 e. The number of hydrogen-bond acceptors (Lipinski definition) is 3. The van der Waals surface area contributed by atoms with Crippen molar-refractivity contribution in [2.24, 2.45) is 4.99 Å². The predicted octanol–water partition coefficient (Wildman–Crippen LogP) is 3.28. The second-order valence-electron chi connectivity index (χ2n) is 5.03. The van der Waals surface area contributed by atoms with Crippen LogP contribution in [0.15, 0.2) is 22.5 Å². The number of guanidine groups is 1. The molecule has 1 aromatic rings. The van der Waals surface area contributed by atoms with Crippen molar-refractivity contribution in [2.45, 2.75) is 45.6 Å². The first kappa shape index (κ1) is 18.4.